The van der Waals surface area contributed by atoms with Crippen LogP contribution in [0.4, 0.5) is 0 Å². The molecule has 0 saturated heterocycles. The number of nitrogens with one attached hydrogen (secondary N) is 1. The minimum atomic E-state index is 0.250. The highest BCUT2D eigenvalue weighted by atomic mass is 79.9. The molecule has 0 radical (unpaired) electrons. The van der Waals surface area contributed by atoms with Crippen molar-refractivity contribution in [2.45, 2.75) is 32.7 Å². The first-order valence-electron chi connectivity index (χ1n) is 7.19. The van der Waals surface area contributed by atoms with Gasteiger partial charge in [-0.1, -0.05) is 30.7 Å². The molecule has 2 aromatic rings. The lowest BCUT2D eigenvalue weighted by Crippen LogP contribution is -2.25. The predicted molar refractivity (Wildman–Crippen MR) is 92.9 cm³/mol. The average molecular weight is 368 g/mol. The van der Waals surface area contributed by atoms with Gasteiger partial charge in [0.15, 0.2) is 0 Å². The Morgan fingerprint density at radius 2 is 2.14 bits per heavy atom. The van der Waals surface area contributed by atoms with Crippen LogP contribution in [-0.2, 0) is 6.42 Å². The van der Waals surface area contributed by atoms with Crippen LogP contribution in [0.2, 0.25) is 5.02 Å². The molecule has 112 valence electrons. The first-order chi connectivity index (χ1) is 10.1. The Bertz CT molecular complexity index is 601. The smallest absolute Gasteiger partial charge is 0.0438 e. The first kappa shape index (κ1) is 16.5. The van der Waals surface area contributed by atoms with Crippen molar-refractivity contribution in [2.75, 3.05) is 6.54 Å². The standard InChI is InChI=1S/C17H20BrClN2/c1-3-7-21-17(9-13-8-14(18)11-20-10-13)15-5-4-6-16(19)12(15)2/h4-6,8,10-11,17,21H,3,7,9H2,1-2H3. The van der Waals surface area contributed by atoms with E-state index in [4.69, 9.17) is 11.6 Å². The van der Waals surface area contributed by atoms with Gasteiger partial charge < -0.3 is 5.32 Å². The van der Waals surface area contributed by atoms with Gasteiger partial charge in [-0.05, 0) is 71.1 Å². The van der Waals surface area contributed by atoms with E-state index >= 15 is 0 Å². The molecule has 0 aliphatic rings. The van der Waals surface area contributed by atoms with Crippen LogP contribution in [0.3, 0.4) is 0 Å². The van der Waals surface area contributed by atoms with E-state index in [1.807, 2.05) is 24.5 Å². The van der Waals surface area contributed by atoms with Gasteiger partial charge in [0.2, 0.25) is 0 Å². The van der Waals surface area contributed by atoms with Gasteiger partial charge in [-0.15, -0.1) is 0 Å². The fourth-order valence-corrected chi connectivity index (χ4v) is 3.01. The second-order valence-corrected chi connectivity index (χ2v) is 6.50. The van der Waals surface area contributed by atoms with Crippen molar-refractivity contribution in [1.29, 1.82) is 0 Å². The quantitative estimate of drug-likeness (QED) is 0.769. The Labute approximate surface area is 140 Å². The summed E-state index contributed by atoms with van der Waals surface area (Å²) in [4.78, 5) is 4.25. The largest absolute Gasteiger partial charge is 0.310 e. The van der Waals surface area contributed by atoms with Crippen LogP contribution in [0.5, 0.6) is 0 Å². The maximum Gasteiger partial charge on any atom is 0.0438 e. The van der Waals surface area contributed by atoms with E-state index in [0.29, 0.717) is 0 Å². The third-order valence-corrected chi connectivity index (χ3v) is 4.37. The first-order valence-corrected chi connectivity index (χ1v) is 8.36. The Morgan fingerprint density at radius 1 is 1.33 bits per heavy atom. The molecule has 1 aromatic carbocycles. The molecular formula is C17H20BrClN2. The van der Waals surface area contributed by atoms with E-state index in [0.717, 1.165) is 34.4 Å². The number of halogens is 2. The lowest BCUT2D eigenvalue weighted by atomic mass is 9.96. The van der Waals surface area contributed by atoms with Gasteiger partial charge in [0.1, 0.15) is 0 Å². The molecule has 1 unspecified atom stereocenters. The number of pyridine rings is 1. The third kappa shape index (κ3) is 4.53. The molecule has 21 heavy (non-hydrogen) atoms. The number of nitrogens with zero attached hydrogens (tertiary/aromatic N) is 1. The second-order valence-electron chi connectivity index (χ2n) is 5.18. The number of hydrogen-bond donors (Lipinski definition) is 1. The molecule has 0 amide bonds. The third-order valence-electron chi connectivity index (χ3n) is 3.53. The number of benzene rings is 1. The summed E-state index contributed by atoms with van der Waals surface area (Å²) in [7, 11) is 0. The van der Waals surface area contributed by atoms with Crippen molar-refractivity contribution in [3.8, 4) is 0 Å². The summed E-state index contributed by atoms with van der Waals surface area (Å²) in [6.07, 6.45) is 5.73. The summed E-state index contributed by atoms with van der Waals surface area (Å²) in [5, 5.41) is 4.44. The summed E-state index contributed by atoms with van der Waals surface area (Å²) >= 11 is 9.76. The molecular weight excluding hydrogens is 348 g/mol. The van der Waals surface area contributed by atoms with Crippen LogP contribution in [0.1, 0.15) is 36.1 Å². The predicted octanol–water partition coefficient (Wildman–Crippen LogP) is 5.09. The van der Waals surface area contributed by atoms with Gasteiger partial charge in [-0.25, -0.2) is 0 Å². The highest BCUT2D eigenvalue weighted by Gasteiger charge is 2.15. The van der Waals surface area contributed by atoms with E-state index in [2.05, 4.69) is 52.2 Å². The topological polar surface area (TPSA) is 24.9 Å². The van der Waals surface area contributed by atoms with Crippen LogP contribution in [-0.4, -0.2) is 11.5 Å². The molecule has 1 atom stereocenters. The second kappa shape index (κ2) is 7.92. The van der Waals surface area contributed by atoms with Gasteiger partial charge in [-0.2, -0.15) is 0 Å². The zero-order valence-electron chi connectivity index (χ0n) is 12.4. The van der Waals surface area contributed by atoms with Crippen molar-refractivity contribution >= 4 is 27.5 Å². The lowest BCUT2D eigenvalue weighted by molar-refractivity contribution is 0.526. The number of aromatic nitrogens is 1. The van der Waals surface area contributed by atoms with E-state index < -0.39 is 0 Å². The van der Waals surface area contributed by atoms with Crippen LogP contribution in [0.25, 0.3) is 0 Å². The van der Waals surface area contributed by atoms with E-state index in [1.165, 1.54) is 11.1 Å². The molecule has 1 heterocycles. The Balaban J connectivity index is 2.27. The Hall–Kier alpha value is -0.900. The van der Waals surface area contributed by atoms with Crippen molar-refractivity contribution in [3.63, 3.8) is 0 Å². The van der Waals surface area contributed by atoms with E-state index in [9.17, 15) is 0 Å². The summed E-state index contributed by atoms with van der Waals surface area (Å²) < 4.78 is 1.01. The molecule has 0 fully saturated rings. The molecule has 1 N–H and O–H groups in total. The van der Waals surface area contributed by atoms with Gasteiger partial charge in [0.25, 0.3) is 0 Å². The van der Waals surface area contributed by atoms with E-state index in [-0.39, 0.29) is 6.04 Å². The fraction of sp³-hybridized carbons (Fsp3) is 0.353. The fourth-order valence-electron chi connectivity index (χ4n) is 2.42. The maximum atomic E-state index is 6.27. The average Bonchev–Trinajstić information content (AvgIpc) is 2.47. The molecule has 2 rings (SSSR count). The monoisotopic (exact) mass is 366 g/mol. The minimum absolute atomic E-state index is 0.250. The molecule has 0 saturated carbocycles. The Kier molecular flexibility index (Phi) is 6.22. The zero-order chi connectivity index (χ0) is 15.2. The number of rotatable bonds is 6. The van der Waals surface area contributed by atoms with Crippen LogP contribution in [0, 0.1) is 6.92 Å². The van der Waals surface area contributed by atoms with Gasteiger partial charge in [0, 0.05) is 27.9 Å². The van der Waals surface area contributed by atoms with Crippen molar-refractivity contribution < 1.29 is 0 Å². The molecule has 0 aliphatic carbocycles. The van der Waals surface area contributed by atoms with Gasteiger partial charge >= 0.3 is 0 Å². The van der Waals surface area contributed by atoms with Crippen molar-refractivity contribution in [1.82, 2.24) is 10.3 Å². The zero-order valence-corrected chi connectivity index (χ0v) is 14.7. The highest BCUT2D eigenvalue weighted by Crippen LogP contribution is 2.27. The van der Waals surface area contributed by atoms with Crippen molar-refractivity contribution in [2.24, 2.45) is 0 Å². The summed E-state index contributed by atoms with van der Waals surface area (Å²) in [6.45, 7) is 5.24. The van der Waals surface area contributed by atoms with Crippen LogP contribution < -0.4 is 5.32 Å². The Morgan fingerprint density at radius 3 is 2.86 bits per heavy atom. The summed E-state index contributed by atoms with van der Waals surface area (Å²) in [6, 6.07) is 8.48. The molecule has 0 aliphatic heterocycles. The lowest BCUT2D eigenvalue weighted by Gasteiger charge is -2.21. The van der Waals surface area contributed by atoms with E-state index in [1.54, 1.807) is 0 Å². The van der Waals surface area contributed by atoms with Crippen molar-refractivity contribution in [3.05, 3.63) is 62.8 Å². The highest BCUT2D eigenvalue weighted by molar-refractivity contribution is 9.10. The molecule has 0 spiro atoms. The normalized spacial score (nSPS) is 12.4. The van der Waals surface area contributed by atoms with Crippen LogP contribution >= 0.6 is 27.5 Å². The molecule has 4 heteroatoms. The minimum Gasteiger partial charge on any atom is -0.310 e. The summed E-state index contributed by atoms with van der Waals surface area (Å²) in [5.41, 5.74) is 3.61. The summed E-state index contributed by atoms with van der Waals surface area (Å²) in [5.74, 6) is 0. The van der Waals surface area contributed by atoms with Gasteiger partial charge in [0.05, 0.1) is 0 Å². The molecule has 0 bridgehead atoms. The van der Waals surface area contributed by atoms with Crippen LogP contribution in [0.15, 0.2) is 41.1 Å². The SMILES string of the molecule is CCCNC(Cc1cncc(Br)c1)c1cccc(Cl)c1C. The number of hydrogen-bond acceptors (Lipinski definition) is 2. The molecule has 1 aromatic heterocycles. The van der Waals surface area contributed by atoms with Gasteiger partial charge in [-0.3, -0.25) is 4.98 Å². The molecule has 2 nitrogen and oxygen atoms in total. The maximum absolute atomic E-state index is 6.27.